The minimum Gasteiger partial charge on any atom is -0.477 e. The van der Waals surface area contributed by atoms with E-state index in [-0.39, 0.29) is 5.69 Å². The van der Waals surface area contributed by atoms with E-state index in [0.29, 0.717) is 11.6 Å². The first-order valence-electron chi connectivity index (χ1n) is 6.49. The van der Waals surface area contributed by atoms with Crippen LogP contribution in [0.4, 0.5) is 0 Å². The van der Waals surface area contributed by atoms with E-state index < -0.39 is 5.97 Å². The highest BCUT2D eigenvalue weighted by Crippen LogP contribution is 2.20. The number of rotatable bonds is 2. The lowest BCUT2D eigenvalue weighted by molar-refractivity contribution is 0.0690. The second-order valence-corrected chi connectivity index (χ2v) is 5.04. The molecule has 6 heteroatoms. The van der Waals surface area contributed by atoms with E-state index >= 15 is 0 Å². The van der Waals surface area contributed by atoms with Crippen LogP contribution in [0.1, 0.15) is 27.3 Å². The summed E-state index contributed by atoms with van der Waals surface area (Å²) in [6.45, 7) is 5.79. The third kappa shape index (κ3) is 2.24. The molecule has 0 fully saturated rings. The molecule has 0 unspecified atom stereocenters. The van der Waals surface area contributed by atoms with E-state index in [9.17, 15) is 4.79 Å². The van der Waals surface area contributed by atoms with Crippen LogP contribution >= 0.6 is 0 Å². The third-order valence-corrected chi connectivity index (χ3v) is 3.44. The molecule has 0 spiro atoms. The first-order chi connectivity index (χ1) is 9.95. The van der Waals surface area contributed by atoms with Crippen molar-refractivity contribution in [2.24, 2.45) is 0 Å². The van der Waals surface area contributed by atoms with Crippen LogP contribution in [-0.4, -0.2) is 30.6 Å². The maximum absolute atomic E-state index is 11.1. The molecule has 0 aliphatic rings. The van der Waals surface area contributed by atoms with Crippen molar-refractivity contribution < 1.29 is 9.90 Å². The lowest BCUT2D eigenvalue weighted by Crippen LogP contribution is -2.08. The Hall–Kier alpha value is -2.76. The minimum absolute atomic E-state index is 0.0248. The highest BCUT2D eigenvalue weighted by Gasteiger charge is 2.13. The number of nitrogens with zero attached hydrogens (tertiary/aromatic N) is 4. The molecule has 0 radical (unpaired) electrons. The molecule has 2 aromatic heterocycles. The first kappa shape index (κ1) is 13.2. The zero-order valence-electron chi connectivity index (χ0n) is 12.0. The van der Waals surface area contributed by atoms with Gasteiger partial charge in [0.25, 0.3) is 0 Å². The molecule has 6 nitrogen and oxygen atoms in total. The molecule has 2 heterocycles. The fourth-order valence-corrected chi connectivity index (χ4v) is 2.19. The van der Waals surface area contributed by atoms with E-state index in [4.69, 9.17) is 5.11 Å². The molecule has 0 amide bonds. The molecule has 0 aliphatic carbocycles. The molecule has 1 N–H and O–H groups in total. The van der Waals surface area contributed by atoms with E-state index in [1.165, 1.54) is 6.07 Å². The Labute approximate surface area is 121 Å². The summed E-state index contributed by atoms with van der Waals surface area (Å²) in [4.78, 5) is 23.9. The number of carboxylic acids is 1. The maximum atomic E-state index is 11.1. The minimum atomic E-state index is -1.07. The van der Waals surface area contributed by atoms with Crippen LogP contribution in [0.5, 0.6) is 0 Å². The fourth-order valence-electron chi connectivity index (χ4n) is 2.19. The summed E-state index contributed by atoms with van der Waals surface area (Å²) in [6, 6.07) is 5.44. The predicted octanol–water partition coefficient (Wildman–Crippen LogP) is 2.44. The van der Waals surface area contributed by atoms with Gasteiger partial charge in [0, 0.05) is 5.69 Å². The summed E-state index contributed by atoms with van der Waals surface area (Å²) in [7, 11) is 0. The molecule has 0 bridgehead atoms. The second-order valence-electron chi connectivity index (χ2n) is 5.04. The van der Waals surface area contributed by atoms with E-state index in [2.05, 4.69) is 15.0 Å². The molecule has 106 valence electrons. The summed E-state index contributed by atoms with van der Waals surface area (Å²) in [5.74, 6) is -0.753. The van der Waals surface area contributed by atoms with Crippen LogP contribution in [0.3, 0.4) is 0 Å². The number of aryl methyl sites for hydroxylation is 3. The summed E-state index contributed by atoms with van der Waals surface area (Å²) in [6.07, 6.45) is 1.62. The highest BCUT2D eigenvalue weighted by atomic mass is 16.4. The smallest absolute Gasteiger partial charge is 0.354 e. The van der Waals surface area contributed by atoms with E-state index in [1.807, 2.05) is 26.0 Å². The van der Waals surface area contributed by atoms with Crippen LogP contribution in [0, 0.1) is 20.8 Å². The van der Waals surface area contributed by atoms with Crippen LogP contribution < -0.4 is 0 Å². The molecule has 1 aromatic carbocycles. The number of fused-ring (bicyclic) bond motifs is 1. The first-order valence-corrected chi connectivity index (χ1v) is 6.49. The highest BCUT2D eigenvalue weighted by molar-refractivity contribution is 5.85. The largest absolute Gasteiger partial charge is 0.477 e. The quantitative estimate of drug-likeness (QED) is 0.780. The van der Waals surface area contributed by atoms with Gasteiger partial charge in [-0.3, -0.25) is 4.57 Å². The molecule has 0 aliphatic heterocycles. The third-order valence-electron chi connectivity index (χ3n) is 3.44. The van der Waals surface area contributed by atoms with Gasteiger partial charge in [-0.25, -0.2) is 19.7 Å². The zero-order chi connectivity index (χ0) is 15.1. The Bertz CT molecular complexity index is 867. The van der Waals surface area contributed by atoms with E-state index in [1.54, 1.807) is 17.8 Å². The lowest BCUT2D eigenvalue weighted by Gasteiger charge is -2.06. The number of aromatic carboxylic acids is 1. The van der Waals surface area contributed by atoms with Crippen LogP contribution in [0.2, 0.25) is 0 Å². The van der Waals surface area contributed by atoms with Gasteiger partial charge in [-0.15, -0.1) is 0 Å². The molecule has 21 heavy (non-hydrogen) atoms. The van der Waals surface area contributed by atoms with Gasteiger partial charge in [-0.05, 0) is 50.1 Å². The molecule has 0 atom stereocenters. The number of benzene rings is 1. The van der Waals surface area contributed by atoms with Crippen molar-refractivity contribution in [2.45, 2.75) is 20.8 Å². The standard InChI is InChI=1S/C15H14N4O2/c1-8-4-11-13(5-9(8)2)19(7-16-11)15-17-10(3)6-12(18-15)14(20)21/h4-7H,1-3H3,(H,20,21). The molecule has 0 saturated carbocycles. The van der Waals surface area contributed by atoms with Gasteiger partial charge >= 0.3 is 5.97 Å². The van der Waals surface area contributed by atoms with Gasteiger partial charge in [-0.2, -0.15) is 0 Å². The average molecular weight is 282 g/mol. The van der Waals surface area contributed by atoms with Gasteiger partial charge in [-0.1, -0.05) is 0 Å². The normalized spacial score (nSPS) is 11.0. The molecular weight excluding hydrogens is 268 g/mol. The van der Waals surface area contributed by atoms with Crippen LogP contribution in [0.25, 0.3) is 17.0 Å². The van der Waals surface area contributed by atoms with Crippen LogP contribution in [-0.2, 0) is 0 Å². The predicted molar refractivity (Wildman–Crippen MR) is 77.8 cm³/mol. The van der Waals surface area contributed by atoms with Crippen LogP contribution in [0.15, 0.2) is 24.5 Å². The summed E-state index contributed by atoms with van der Waals surface area (Å²) in [5, 5.41) is 9.11. The topological polar surface area (TPSA) is 80.9 Å². The summed E-state index contributed by atoms with van der Waals surface area (Å²) >= 11 is 0. The molecule has 3 rings (SSSR count). The van der Waals surface area contributed by atoms with Gasteiger partial charge in [0.2, 0.25) is 5.95 Å². The Morgan fingerprint density at radius 3 is 2.52 bits per heavy atom. The van der Waals surface area contributed by atoms with Gasteiger partial charge in [0.05, 0.1) is 11.0 Å². The molecule has 0 saturated heterocycles. The van der Waals surface area contributed by atoms with Crippen molar-refractivity contribution >= 4 is 17.0 Å². The van der Waals surface area contributed by atoms with Crippen molar-refractivity contribution in [1.29, 1.82) is 0 Å². The van der Waals surface area contributed by atoms with Gasteiger partial charge < -0.3 is 5.11 Å². The molecular formula is C15H14N4O2. The van der Waals surface area contributed by atoms with Gasteiger partial charge in [0.1, 0.15) is 6.33 Å². The average Bonchev–Trinajstić information content (AvgIpc) is 2.81. The number of carbonyl (C=O) groups is 1. The number of imidazole rings is 1. The van der Waals surface area contributed by atoms with Crippen molar-refractivity contribution in [2.75, 3.05) is 0 Å². The fraction of sp³-hybridized carbons (Fsp3) is 0.200. The summed E-state index contributed by atoms with van der Waals surface area (Å²) in [5.41, 5.74) is 4.56. The number of carboxylic acid groups (broad SMARTS) is 1. The number of hydrogen-bond acceptors (Lipinski definition) is 4. The Morgan fingerprint density at radius 1 is 1.10 bits per heavy atom. The number of aromatic nitrogens is 4. The Kier molecular flexibility index (Phi) is 2.94. The monoisotopic (exact) mass is 282 g/mol. The maximum Gasteiger partial charge on any atom is 0.354 e. The SMILES string of the molecule is Cc1cc(C(=O)O)nc(-n2cnc3cc(C)c(C)cc32)n1. The van der Waals surface area contributed by atoms with Crippen molar-refractivity contribution in [1.82, 2.24) is 19.5 Å². The Balaban J connectivity index is 2.25. The number of hydrogen-bond donors (Lipinski definition) is 1. The van der Waals surface area contributed by atoms with Gasteiger partial charge in [0.15, 0.2) is 5.69 Å². The zero-order valence-corrected chi connectivity index (χ0v) is 12.0. The molecule has 3 aromatic rings. The Morgan fingerprint density at radius 2 is 1.81 bits per heavy atom. The van der Waals surface area contributed by atoms with E-state index in [0.717, 1.165) is 22.2 Å². The van der Waals surface area contributed by atoms with Crippen molar-refractivity contribution in [3.05, 3.63) is 47.0 Å². The second kappa shape index (κ2) is 4.66. The van der Waals surface area contributed by atoms with Crippen molar-refractivity contribution in [3.8, 4) is 5.95 Å². The lowest BCUT2D eigenvalue weighted by atomic mass is 10.1. The van der Waals surface area contributed by atoms with Crippen molar-refractivity contribution in [3.63, 3.8) is 0 Å². The summed E-state index contributed by atoms with van der Waals surface area (Å²) < 4.78 is 1.71.